The summed E-state index contributed by atoms with van der Waals surface area (Å²) in [5.41, 5.74) is 6.43. The van der Waals surface area contributed by atoms with E-state index in [-0.39, 0.29) is 12.1 Å². The van der Waals surface area contributed by atoms with Crippen molar-refractivity contribution in [3.8, 4) is 0 Å². The van der Waals surface area contributed by atoms with E-state index in [9.17, 15) is 0 Å². The summed E-state index contributed by atoms with van der Waals surface area (Å²) < 4.78 is 5.66. The average Bonchev–Trinajstić information content (AvgIpc) is 2.53. The van der Waals surface area contributed by atoms with Gasteiger partial charge in [-0.2, -0.15) is 0 Å². The molecule has 0 aromatic heterocycles. The molecule has 2 aromatic rings. The second-order valence-electron chi connectivity index (χ2n) is 4.81. The van der Waals surface area contributed by atoms with Gasteiger partial charge in [0, 0.05) is 7.11 Å². The molecule has 0 fully saturated rings. The van der Waals surface area contributed by atoms with Crippen molar-refractivity contribution in [1.29, 1.82) is 0 Å². The Kier molecular flexibility index (Phi) is 5.30. The first-order chi connectivity index (χ1) is 9.80. The molecule has 20 heavy (non-hydrogen) atoms. The lowest BCUT2D eigenvalue weighted by atomic mass is 9.95. The van der Waals surface area contributed by atoms with Gasteiger partial charge in [0.2, 0.25) is 0 Å². The number of hydrogen-bond donors (Lipinski definition) is 2. The van der Waals surface area contributed by atoms with E-state index in [2.05, 4.69) is 48.7 Å². The fraction of sp³-hybridized carbons (Fsp3) is 0.294. The predicted molar refractivity (Wildman–Crippen MR) is 82.1 cm³/mol. The third kappa shape index (κ3) is 3.25. The Balaban J connectivity index is 2.29. The van der Waals surface area contributed by atoms with Crippen molar-refractivity contribution in [2.24, 2.45) is 5.84 Å². The number of methoxy groups -OCH3 is 1. The molecule has 2 rings (SSSR count). The lowest BCUT2D eigenvalue weighted by Gasteiger charge is -2.26. The lowest BCUT2D eigenvalue weighted by Crippen LogP contribution is -2.33. The number of benzene rings is 2. The van der Waals surface area contributed by atoms with Crippen molar-refractivity contribution in [1.82, 2.24) is 5.43 Å². The highest BCUT2D eigenvalue weighted by molar-refractivity contribution is 5.29. The zero-order valence-corrected chi connectivity index (χ0v) is 12.0. The molecule has 3 heteroatoms. The molecule has 0 saturated heterocycles. The van der Waals surface area contributed by atoms with Crippen LogP contribution < -0.4 is 11.3 Å². The van der Waals surface area contributed by atoms with Crippen LogP contribution in [-0.4, -0.2) is 7.11 Å². The number of aryl methyl sites for hydroxylation is 1. The van der Waals surface area contributed by atoms with Crippen molar-refractivity contribution in [2.75, 3.05) is 7.11 Å². The molecule has 0 aliphatic rings. The molecule has 0 aliphatic carbocycles. The summed E-state index contributed by atoms with van der Waals surface area (Å²) in [6.07, 6.45) is 0.918. The largest absolute Gasteiger partial charge is 0.375 e. The van der Waals surface area contributed by atoms with Gasteiger partial charge in [-0.3, -0.25) is 11.3 Å². The Morgan fingerprint density at radius 2 is 1.65 bits per heavy atom. The summed E-state index contributed by atoms with van der Waals surface area (Å²) in [5.74, 6) is 5.76. The van der Waals surface area contributed by atoms with E-state index in [1.165, 1.54) is 5.56 Å². The van der Waals surface area contributed by atoms with Crippen molar-refractivity contribution < 1.29 is 4.74 Å². The molecule has 0 bridgehead atoms. The van der Waals surface area contributed by atoms with Gasteiger partial charge in [-0.15, -0.1) is 0 Å². The highest BCUT2D eigenvalue weighted by atomic mass is 16.5. The summed E-state index contributed by atoms with van der Waals surface area (Å²) in [6, 6.07) is 18.5. The molecular weight excluding hydrogens is 248 g/mol. The molecule has 2 aromatic carbocycles. The molecule has 0 amide bonds. The minimum absolute atomic E-state index is 0.0756. The average molecular weight is 270 g/mol. The van der Waals surface area contributed by atoms with E-state index in [0.29, 0.717) is 0 Å². The quantitative estimate of drug-likeness (QED) is 0.626. The minimum Gasteiger partial charge on any atom is -0.375 e. The van der Waals surface area contributed by atoms with E-state index in [0.717, 1.165) is 17.5 Å². The Morgan fingerprint density at radius 3 is 2.15 bits per heavy atom. The van der Waals surface area contributed by atoms with Crippen molar-refractivity contribution >= 4 is 0 Å². The molecule has 0 aliphatic heterocycles. The van der Waals surface area contributed by atoms with Gasteiger partial charge in [0.25, 0.3) is 0 Å². The number of ether oxygens (including phenoxy) is 1. The van der Waals surface area contributed by atoms with E-state index in [1.807, 2.05) is 18.2 Å². The van der Waals surface area contributed by atoms with Crippen molar-refractivity contribution in [3.63, 3.8) is 0 Å². The highest BCUT2D eigenvalue weighted by Gasteiger charge is 2.23. The minimum atomic E-state index is -0.117. The Hall–Kier alpha value is -1.68. The summed E-state index contributed by atoms with van der Waals surface area (Å²) in [7, 11) is 1.71. The van der Waals surface area contributed by atoms with Gasteiger partial charge in [0.1, 0.15) is 6.10 Å². The number of hydrogen-bond acceptors (Lipinski definition) is 3. The van der Waals surface area contributed by atoms with Crippen LogP contribution in [0.1, 0.15) is 35.8 Å². The lowest BCUT2D eigenvalue weighted by molar-refractivity contribution is 0.0676. The van der Waals surface area contributed by atoms with Crippen LogP contribution in [-0.2, 0) is 11.2 Å². The molecule has 3 nitrogen and oxygen atoms in total. The third-order valence-electron chi connectivity index (χ3n) is 3.61. The molecule has 3 N–H and O–H groups in total. The molecule has 0 radical (unpaired) electrons. The maximum absolute atomic E-state index is 5.76. The van der Waals surface area contributed by atoms with Gasteiger partial charge in [-0.1, -0.05) is 61.5 Å². The SMILES string of the molecule is CCc1ccc(C(NN)C(OC)c2ccccc2)cc1. The first kappa shape index (κ1) is 14.7. The maximum atomic E-state index is 5.76. The second-order valence-corrected chi connectivity index (χ2v) is 4.81. The zero-order valence-electron chi connectivity index (χ0n) is 12.0. The Morgan fingerprint density at radius 1 is 1.00 bits per heavy atom. The summed E-state index contributed by atoms with van der Waals surface area (Å²) in [5, 5.41) is 0. The van der Waals surface area contributed by atoms with Crippen molar-refractivity contribution in [2.45, 2.75) is 25.5 Å². The molecule has 2 unspecified atom stereocenters. The Bertz CT molecular complexity index is 510. The van der Waals surface area contributed by atoms with Crippen LogP contribution >= 0.6 is 0 Å². The number of nitrogens with two attached hydrogens (primary N) is 1. The van der Waals surface area contributed by atoms with E-state index in [4.69, 9.17) is 10.6 Å². The second kappa shape index (κ2) is 7.20. The summed E-state index contributed by atoms with van der Waals surface area (Å²) in [4.78, 5) is 0. The molecule has 0 heterocycles. The van der Waals surface area contributed by atoms with Gasteiger partial charge in [0.05, 0.1) is 6.04 Å². The predicted octanol–water partition coefficient (Wildman–Crippen LogP) is 3.14. The fourth-order valence-electron chi connectivity index (χ4n) is 2.43. The highest BCUT2D eigenvalue weighted by Crippen LogP contribution is 2.31. The van der Waals surface area contributed by atoms with E-state index >= 15 is 0 Å². The summed E-state index contributed by atoms with van der Waals surface area (Å²) >= 11 is 0. The monoisotopic (exact) mass is 270 g/mol. The van der Waals surface area contributed by atoms with Crippen LogP contribution in [0.5, 0.6) is 0 Å². The van der Waals surface area contributed by atoms with Gasteiger partial charge in [0.15, 0.2) is 0 Å². The van der Waals surface area contributed by atoms with Crippen LogP contribution in [0.4, 0.5) is 0 Å². The standard InChI is InChI=1S/C17H22N2O/c1-3-13-9-11-14(12-10-13)16(19-18)17(20-2)15-7-5-4-6-8-15/h4-12,16-17,19H,3,18H2,1-2H3. The number of rotatable bonds is 6. The van der Waals surface area contributed by atoms with Crippen LogP contribution in [0.25, 0.3) is 0 Å². The van der Waals surface area contributed by atoms with Gasteiger partial charge in [-0.25, -0.2) is 0 Å². The number of nitrogens with one attached hydrogen (secondary N) is 1. The van der Waals surface area contributed by atoms with E-state index in [1.54, 1.807) is 7.11 Å². The van der Waals surface area contributed by atoms with Crippen molar-refractivity contribution in [3.05, 3.63) is 71.3 Å². The molecule has 0 spiro atoms. The van der Waals surface area contributed by atoms with Crippen LogP contribution in [0, 0.1) is 0 Å². The molecule has 106 valence electrons. The van der Waals surface area contributed by atoms with Gasteiger partial charge in [-0.05, 0) is 23.1 Å². The van der Waals surface area contributed by atoms with Crippen LogP contribution in [0.3, 0.4) is 0 Å². The number of hydrazine groups is 1. The topological polar surface area (TPSA) is 47.3 Å². The Labute approximate surface area is 120 Å². The zero-order chi connectivity index (χ0) is 14.4. The maximum Gasteiger partial charge on any atom is 0.103 e. The first-order valence-corrected chi connectivity index (χ1v) is 6.92. The normalized spacial score (nSPS) is 13.9. The first-order valence-electron chi connectivity index (χ1n) is 6.92. The molecular formula is C17H22N2O. The fourth-order valence-corrected chi connectivity index (χ4v) is 2.43. The smallest absolute Gasteiger partial charge is 0.103 e. The molecule has 0 saturated carbocycles. The summed E-state index contributed by atoms with van der Waals surface area (Å²) in [6.45, 7) is 2.15. The van der Waals surface area contributed by atoms with Gasteiger partial charge >= 0.3 is 0 Å². The van der Waals surface area contributed by atoms with Gasteiger partial charge < -0.3 is 4.74 Å². The molecule has 2 atom stereocenters. The van der Waals surface area contributed by atoms with Crippen LogP contribution in [0.15, 0.2) is 54.6 Å². The van der Waals surface area contributed by atoms with Crippen LogP contribution in [0.2, 0.25) is 0 Å². The third-order valence-corrected chi connectivity index (χ3v) is 3.61. The van der Waals surface area contributed by atoms with E-state index < -0.39 is 0 Å².